The molecule has 2 aliphatic rings. The third-order valence-corrected chi connectivity index (χ3v) is 18.0. The lowest BCUT2D eigenvalue weighted by atomic mass is 9.84. The van der Waals surface area contributed by atoms with Gasteiger partial charge in [-0.15, -0.1) is 0 Å². The van der Waals surface area contributed by atoms with Crippen LogP contribution in [0.2, 0.25) is 0 Å². The summed E-state index contributed by atoms with van der Waals surface area (Å²) in [6.07, 6.45) is 3.11. The fourth-order valence-corrected chi connectivity index (χ4v) is 12.6. The summed E-state index contributed by atoms with van der Waals surface area (Å²) in [7, 11) is 0. The van der Waals surface area contributed by atoms with Gasteiger partial charge < -0.3 is 92.5 Å². The van der Waals surface area contributed by atoms with Gasteiger partial charge in [0.2, 0.25) is 76.8 Å². The molecule has 3 aromatic rings. The molecule has 0 unspecified atom stereocenters. The minimum absolute atomic E-state index is 0.0637. The molecule has 2 aliphatic heterocycles. The molecule has 10 atom stereocenters. The topological polar surface area (TPSA) is 519 Å². The van der Waals surface area contributed by atoms with Gasteiger partial charge in [0.05, 0.1) is 12.6 Å². The third kappa shape index (κ3) is 27.1. The first-order valence-electron chi connectivity index (χ1n) is 34.2. The predicted octanol–water partition coefficient (Wildman–Crippen LogP) is -2.12. The highest BCUT2D eigenvalue weighted by Crippen LogP contribution is 2.30. The van der Waals surface area contributed by atoms with Crippen molar-refractivity contribution in [3.8, 4) is 0 Å². The molecule has 0 aliphatic carbocycles. The van der Waals surface area contributed by atoms with E-state index in [0.29, 0.717) is 61.0 Å². The van der Waals surface area contributed by atoms with Gasteiger partial charge in [-0.05, 0) is 125 Å². The highest BCUT2D eigenvalue weighted by atomic mass is 32.2. The minimum atomic E-state index is -1.70. The zero-order valence-electron chi connectivity index (χ0n) is 57.7. The van der Waals surface area contributed by atoms with Crippen molar-refractivity contribution in [2.45, 2.75) is 183 Å². The number of carbonyl (C=O) groups excluding carboxylic acids is 13. The summed E-state index contributed by atoms with van der Waals surface area (Å²) in [5.41, 5.74) is 41.4. The van der Waals surface area contributed by atoms with Crippen molar-refractivity contribution in [2.75, 3.05) is 44.7 Å². The van der Waals surface area contributed by atoms with Gasteiger partial charge in [0, 0.05) is 44.8 Å². The molecule has 22 N–H and O–H groups in total. The van der Waals surface area contributed by atoms with Crippen LogP contribution in [0.25, 0.3) is 0 Å². The smallest absolute Gasteiger partial charge is 0.245 e. The number of nitrogens with zero attached hydrogens (tertiary/aromatic N) is 3. The van der Waals surface area contributed by atoms with E-state index in [-0.39, 0.29) is 76.6 Å². The molecule has 5 rings (SSSR count). The van der Waals surface area contributed by atoms with E-state index >= 15 is 9.59 Å². The molecule has 32 heteroatoms. The van der Waals surface area contributed by atoms with Gasteiger partial charge in [-0.1, -0.05) is 105 Å². The zero-order valence-corrected chi connectivity index (χ0v) is 58.6. The van der Waals surface area contributed by atoms with Crippen LogP contribution in [0.5, 0.6) is 0 Å². The van der Waals surface area contributed by atoms with E-state index in [1.165, 1.54) is 21.6 Å². The minimum Gasteiger partial charge on any atom is -0.370 e. The van der Waals surface area contributed by atoms with Crippen molar-refractivity contribution in [3.05, 3.63) is 108 Å². The van der Waals surface area contributed by atoms with Crippen LogP contribution in [0.15, 0.2) is 96.0 Å². The lowest BCUT2D eigenvalue weighted by Crippen LogP contribution is -2.61. The molecule has 31 nitrogen and oxygen atoms in total. The highest BCUT2D eigenvalue weighted by Gasteiger charge is 2.43. The summed E-state index contributed by atoms with van der Waals surface area (Å²) in [5, 5.41) is 21.5. The number of carbonyl (C=O) groups is 13. The number of guanidine groups is 1. The maximum Gasteiger partial charge on any atom is 0.245 e. The average Bonchev–Trinajstić information content (AvgIpc) is 1.56. The number of likely N-dealkylation sites (tertiary alicyclic amines) is 2. The highest BCUT2D eigenvalue weighted by molar-refractivity contribution is 7.98. The Morgan fingerprint density at radius 3 is 1.56 bits per heavy atom. The van der Waals surface area contributed by atoms with Crippen LogP contribution in [0.4, 0.5) is 0 Å². The molecular formula is C69H102N18O13S. The zero-order chi connectivity index (χ0) is 74.1. The Labute approximate surface area is 593 Å². The first-order chi connectivity index (χ1) is 48.2. The number of aliphatic imine (C=N–C) groups is 1. The summed E-state index contributed by atoms with van der Waals surface area (Å²) >= 11 is 1.45. The number of hydrogen-bond acceptors (Lipinski definition) is 17. The Hall–Kier alpha value is -9.69. The molecule has 2 saturated heterocycles. The summed E-state index contributed by atoms with van der Waals surface area (Å²) in [5.74, 6) is -11.0. The van der Waals surface area contributed by atoms with Crippen molar-refractivity contribution >= 4 is 94.5 Å². The molecule has 0 radical (unpaired) electrons. The van der Waals surface area contributed by atoms with Crippen LogP contribution in [0, 0.1) is 5.92 Å². The van der Waals surface area contributed by atoms with E-state index in [2.05, 4.69) is 47.5 Å². The predicted molar refractivity (Wildman–Crippen MR) is 380 cm³/mol. The second-order valence-electron chi connectivity index (χ2n) is 25.7. The van der Waals surface area contributed by atoms with Crippen molar-refractivity contribution in [3.63, 3.8) is 0 Å². The van der Waals surface area contributed by atoms with Crippen molar-refractivity contribution in [2.24, 2.45) is 51.0 Å². The van der Waals surface area contributed by atoms with Crippen LogP contribution in [-0.2, 0) is 68.7 Å². The van der Waals surface area contributed by atoms with Gasteiger partial charge >= 0.3 is 0 Å². The first-order valence-corrected chi connectivity index (χ1v) is 35.6. The molecule has 2 fully saturated rings. The molecule has 0 spiro atoms. The Bertz CT molecular complexity index is 3270. The van der Waals surface area contributed by atoms with Crippen LogP contribution in [-0.4, -0.2) is 198 Å². The quantitative estimate of drug-likeness (QED) is 0.0164. The second kappa shape index (κ2) is 42.4. The van der Waals surface area contributed by atoms with E-state index in [0.717, 1.165) is 0 Å². The largest absolute Gasteiger partial charge is 0.370 e. The fraction of sp³-hybridized carbons (Fsp3) is 0.536. The SMILES string of the molecule is CSCC[C@H](NC(=O)[C@H](CC(C)C)NC(=O)CNC(=O)[C@H](Cc1ccccc1)NC(=O)[C@@H](NC(=O)[C@H](CCC(N)=O)NC(=O)[C@H](CCC(N)=O)NC(=O)[C@@H]1CCCN1C(=O)[C@H](CCCCN)NC(=O)[C@@H]1CCCN1C(=O)[C@@H](N)CCCN=C(N)N)C(c1ccccc1)c1ccccc1)C(N)=O. The number of benzene rings is 3. The first kappa shape index (κ1) is 82.0. The molecule has 2 heterocycles. The van der Waals surface area contributed by atoms with E-state index in [9.17, 15) is 52.7 Å². The molecule has 0 bridgehead atoms. The molecule has 101 heavy (non-hydrogen) atoms. The summed E-state index contributed by atoms with van der Waals surface area (Å²) in [6.45, 7) is 3.82. The lowest BCUT2D eigenvalue weighted by Gasteiger charge is -2.32. The summed E-state index contributed by atoms with van der Waals surface area (Å²) in [4.78, 5) is 188. The number of hydrogen-bond donors (Lipinski definition) is 15. The number of nitrogens with two attached hydrogens (primary N) is 7. The van der Waals surface area contributed by atoms with E-state index in [1.54, 1.807) is 91.0 Å². The lowest BCUT2D eigenvalue weighted by molar-refractivity contribution is -0.144. The van der Waals surface area contributed by atoms with Crippen molar-refractivity contribution in [1.82, 2.24) is 52.3 Å². The van der Waals surface area contributed by atoms with Gasteiger partial charge in [-0.3, -0.25) is 67.3 Å². The van der Waals surface area contributed by atoms with Crippen LogP contribution >= 0.6 is 11.8 Å². The van der Waals surface area contributed by atoms with E-state index < -0.39 is 175 Å². The maximum absolute atomic E-state index is 15.5. The Balaban J connectivity index is 1.43. The molecule has 0 saturated carbocycles. The molecule has 552 valence electrons. The van der Waals surface area contributed by atoms with E-state index in [4.69, 9.17) is 40.1 Å². The van der Waals surface area contributed by atoms with Crippen molar-refractivity contribution < 1.29 is 62.3 Å². The standard InChI is InChI=1S/C69H102N18O13S/c1-41(2)38-50(63(95)80-46(59(74)91)32-37-101-3)79-56(90)40-78-60(92)51(39-42-18-7-4-8-19-42)84-66(98)58(57(43-20-9-5-10-21-43)44-22-11-6-12-23-44)85-62(94)48(29-31-55(73)89)81-61(93)47(28-30-54(72)88)82-64(96)53-27-17-36-87(53)68(100)49(25-13-14-33-70)83-65(97)52-26-16-35-86(52)67(99)45(71)24-15-34-77-69(75)76/h4-12,18-23,41,45-53,57-58H,13-17,24-40,70-71H2,1-3H3,(H2,72,88)(H2,73,89)(H2,74,91)(H,78,92)(H,79,90)(H,80,95)(H,81,93)(H,82,96)(H,83,97)(H,84,98)(H,85,94)(H4,75,76,77)/t45-,46-,47-,48-,49-,50-,51-,52-,53-,58-/m0/s1. The monoisotopic (exact) mass is 1420 g/mol. The Kier molecular flexibility index (Phi) is 34.4. The van der Waals surface area contributed by atoms with Gasteiger partial charge in [-0.25, -0.2) is 0 Å². The Morgan fingerprint density at radius 2 is 1.04 bits per heavy atom. The number of thioether (sulfide) groups is 1. The maximum atomic E-state index is 15.5. The third-order valence-electron chi connectivity index (χ3n) is 17.3. The number of primary amides is 3. The number of nitrogens with one attached hydrogen (secondary N) is 8. The molecular weight excluding hydrogens is 1320 g/mol. The van der Waals surface area contributed by atoms with Gasteiger partial charge in [0.15, 0.2) is 5.96 Å². The van der Waals surface area contributed by atoms with Crippen LogP contribution in [0.1, 0.15) is 133 Å². The van der Waals surface area contributed by atoms with Crippen LogP contribution < -0.4 is 82.7 Å². The average molecular weight is 1420 g/mol. The van der Waals surface area contributed by atoms with Gasteiger partial charge in [0.1, 0.15) is 54.4 Å². The van der Waals surface area contributed by atoms with Crippen molar-refractivity contribution in [1.29, 1.82) is 0 Å². The van der Waals surface area contributed by atoms with Gasteiger partial charge in [-0.2, -0.15) is 11.8 Å². The Morgan fingerprint density at radius 1 is 0.535 bits per heavy atom. The molecule has 3 aromatic carbocycles. The molecule has 13 amide bonds. The van der Waals surface area contributed by atoms with Gasteiger partial charge in [0.25, 0.3) is 0 Å². The summed E-state index contributed by atoms with van der Waals surface area (Å²) in [6, 6.07) is 12.9. The van der Waals surface area contributed by atoms with E-state index in [1.807, 2.05) is 20.1 Å². The fourth-order valence-electron chi connectivity index (χ4n) is 12.1. The summed E-state index contributed by atoms with van der Waals surface area (Å²) < 4.78 is 0. The number of unbranched alkanes of at least 4 members (excludes halogenated alkanes) is 1. The molecule has 0 aromatic heterocycles. The number of amides is 13. The van der Waals surface area contributed by atoms with Crippen LogP contribution in [0.3, 0.4) is 0 Å². The normalized spacial score (nSPS) is 16.5. The second-order valence-corrected chi connectivity index (χ2v) is 26.6. The number of rotatable bonds is 43.